The van der Waals surface area contributed by atoms with Gasteiger partial charge in [0.15, 0.2) is 0 Å². The van der Waals surface area contributed by atoms with Crippen LogP contribution < -0.4 is 10.6 Å². The Kier molecular flexibility index (Phi) is 2.81. The maximum atomic E-state index is 4.12. The lowest BCUT2D eigenvalue weighted by atomic mass is 10.0. The summed E-state index contributed by atoms with van der Waals surface area (Å²) in [4.78, 5) is 3.39. The first-order valence-corrected chi connectivity index (χ1v) is 6.28. The summed E-state index contributed by atoms with van der Waals surface area (Å²) in [5.41, 5.74) is 3.54. The number of hydrogen-bond acceptors (Lipinski definition) is 0. The van der Waals surface area contributed by atoms with Crippen LogP contribution in [0.25, 0.3) is 34.7 Å². The molecule has 0 aliphatic rings. The molecule has 0 spiro atoms. The van der Waals surface area contributed by atoms with Crippen molar-refractivity contribution in [3.05, 3.63) is 71.8 Å². The van der Waals surface area contributed by atoms with Crippen LogP contribution in [-0.4, -0.2) is 4.98 Å². The Balaban J connectivity index is 2.25. The lowest BCUT2D eigenvalue weighted by molar-refractivity contribution is 1.36. The molecule has 0 amide bonds. The molecule has 0 saturated heterocycles. The van der Waals surface area contributed by atoms with Gasteiger partial charge in [0, 0.05) is 21.5 Å². The van der Waals surface area contributed by atoms with Crippen molar-refractivity contribution in [2.24, 2.45) is 0 Å². The topological polar surface area (TPSA) is 15.8 Å². The van der Waals surface area contributed by atoms with Crippen LogP contribution in [-0.2, 0) is 0 Å². The van der Waals surface area contributed by atoms with Gasteiger partial charge in [-0.2, -0.15) is 0 Å². The predicted molar refractivity (Wildman–Crippen MR) is 83.2 cm³/mol. The van der Waals surface area contributed by atoms with E-state index < -0.39 is 0 Å². The first-order valence-electron chi connectivity index (χ1n) is 6.28. The standard InChI is InChI=1S/C18H15N/c1-3-7-17-13(2)16-11-10-15(12-18(16)19-17)14-8-5-4-6-9-14/h3-12,19H,1-2H2/b17-7+. The molecule has 0 atom stereocenters. The summed E-state index contributed by atoms with van der Waals surface area (Å²) in [6, 6.07) is 16.8. The van der Waals surface area contributed by atoms with E-state index in [0.29, 0.717) is 0 Å². The molecule has 0 aliphatic heterocycles. The molecule has 1 heteroatoms. The largest absolute Gasteiger partial charge is 0.355 e. The van der Waals surface area contributed by atoms with Gasteiger partial charge in [0.05, 0.1) is 0 Å². The second-order valence-electron chi connectivity index (χ2n) is 4.55. The molecule has 0 saturated carbocycles. The van der Waals surface area contributed by atoms with Crippen molar-refractivity contribution in [2.45, 2.75) is 0 Å². The molecule has 3 rings (SSSR count). The maximum Gasteiger partial charge on any atom is 0.0470 e. The molecule has 1 N–H and O–H groups in total. The molecule has 2 aromatic carbocycles. The number of aromatic amines is 1. The molecule has 0 unspecified atom stereocenters. The average Bonchev–Trinajstić information content (AvgIpc) is 2.76. The van der Waals surface area contributed by atoms with E-state index in [0.717, 1.165) is 21.5 Å². The van der Waals surface area contributed by atoms with Gasteiger partial charge in [-0.1, -0.05) is 61.7 Å². The van der Waals surface area contributed by atoms with Crippen LogP contribution >= 0.6 is 0 Å². The fraction of sp³-hybridized carbons (Fsp3) is 0. The number of nitrogens with one attached hydrogen (secondary N) is 1. The summed E-state index contributed by atoms with van der Waals surface area (Å²) in [5, 5.41) is 3.21. The number of rotatable bonds is 2. The molecule has 0 aliphatic carbocycles. The summed E-state index contributed by atoms with van der Waals surface area (Å²) in [5.74, 6) is 0. The van der Waals surface area contributed by atoms with E-state index in [9.17, 15) is 0 Å². The van der Waals surface area contributed by atoms with E-state index >= 15 is 0 Å². The van der Waals surface area contributed by atoms with Crippen LogP contribution in [0.1, 0.15) is 0 Å². The van der Waals surface area contributed by atoms with Gasteiger partial charge in [-0.25, -0.2) is 0 Å². The normalized spacial score (nSPS) is 11.9. The third-order valence-electron chi connectivity index (χ3n) is 3.33. The summed E-state index contributed by atoms with van der Waals surface area (Å²) in [7, 11) is 0. The van der Waals surface area contributed by atoms with Gasteiger partial charge in [0.1, 0.15) is 0 Å². The first-order chi connectivity index (χ1) is 9.29. The summed E-state index contributed by atoms with van der Waals surface area (Å²) >= 11 is 0. The van der Waals surface area contributed by atoms with Crippen LogP contribution in [0.15, 0.2) is 61.2 Å². The first kappa shape index (κ1) is 11.5. The van der Waals surface area contributed by atoms with Gasteiger partial charge in [-0.15, -0.1) is 0 Å². The summed E-state index contributed by atoms with van der Waals surface area (Å²) < 4.78 is 0. The van der Waals surface area contributed by atoms with Crippen LogP contribution in [0.3, 0.4) is 0 Å². The lowest BCUT2D eigenvalue weighted by Gasteiger charge is -2.01. The molecule has 0 radical (unpaired) electrons. The van der Waals surface area contributed by atoms with Crippen molar-refractivity contribution in [3.8, 4) is 11.1 Å². The highest BCUT2D eigenvalue weighted by molar-refractivity contribution is 5.85. The van der Waals surface area contributed by atoms with Crippen LogP contribution in [0, 0.1) is 0 Å². The second-order valence-corrected chi connectivity index (χ2v) is 4.55. The van der Waals surface area contributed by atoms with E-state index in [4.69, 9.17) is 0 Å². The van der Waals surface area contributed by atoms with E-state index in [1.807, 2.05) is 12.1 Å². The van der Waals surface area contributed by atoms with Crippen molar-refractivity contribution in [2.75, 3.05) is 0 Å². The highest BCUT2D eigenvalue weighted by atomic mass is 14.7. The Labute approximate surface area is 112 Å². The number of fused-ring (bicyclic) bond motifs is 1. The minimum atomic E-state index is 1.02. The third-order valence-corrected chi connectivity index (χ3v) is 3.33. The Morgan fingerprint density at radius 1 is 0.947 bits per heavy atom. The number of allylic oxidation sites excluding steroid dienone is 1. The van der Waals surface area contributed by atoms with Gasteiger partial charge >= 0.3 is 0 Å². The monoisotopic (exact) mass is 245 g/mol. The molecule has 1 nitrogen and oxygen atoms in total. The van der Waals surface area contributed by atoms with Crippen molar-refractivity contribution in [1.29, 1.82) is 0 Å². The second kappa shape index (κ2) is 4.62. The van der Waals surface area contributed by atoms with Crippen LogP contribution in [0.4, 0.5) is 0 Å². The third kappa shape index (κ3) is 2.00. The van der Waals surface area contributed by atoms with E-state index in [1.165, 1.54) is 11.1 Å². The zero-order valence-corrected chi connectivity index (χ0v) is 10.7. The Morgan fingerprint density at radius 3 is 2.47 bits per heavy atom. The minimum Gasteiger partial charge on any atom is -0.355 e. The highest BCUT2D eigenvalue weighted by Gasteiger charge is 2.02. The number of benzene rings is 2. The lowest BCUT2D eigenvalue weighted by Crippen LogP contribution is -2.20. The minimum absolute atomic E-state index is 1.02. The molecule has 1 heterocycles. The molecular formula is C18H15N. The Hall–Kier alpha value is -2.54. The predicted octanol–water partition coefficient (Wildman–Crippen LogP) is 3.21. The molecule has 19 heavy (non-hydrogen) atoms. The molecule has 92 valence electrons. The van der Waals surface area contributed by atoms with Crippen molar-refractivity contribution in [1.82, 2.24) is 4.98 Å². The number of aromatic nitrogens is 1. The Bertz CT molecular complexity index is 839. The van der Waals surface area contributed by atoms with Crippen molar-refractivity contribution < 1.29 is 0 Å². The fourth-order valence-corrected chi connectivity index (χ4v) is 2.35. The number of H-pyrrole nitrogens is 1. The molecular weight excluding hydrogens is 230 g/mol. The Morgan fingerprint density at radius 2 is 1.74 bits per heavy atom. The van der Waals surface area contributed by atoms with E-state index in [1.54, 1.807) is 6.08 Å². The van der Waals surface area contributed by atoms with Gasteiger partial charge in [0.25, 0.3) is 0 Å². The van der Waals surface area contributed by atoms with E-state index in [-0.39, 0.29) is 0 Å². The van der Waals surface area contributed by atoms with Gasteiger partial charge in [-0.05, 0) is 23.3 Å². The van der Waals surface area contributed by atoms with Crippen molar-refractivity contribution in [3.63, 3.8) is 0 Å². The van der Waals surface area contributed by atoms with Gasteiger partial charge in [-0.3, -0.25) is 0 Å². The summed E-state index contributed by atoms with van der Waals surface area (Å²) in [6.07, 6.45) is 3.72. The maximum absolute atomic E-state index is 4.12. The van der Waals surface area contributed by atoms with Gasteiger partial charge in [0.2, 0.25) is 0 Å². The molecule has 3 aromatic rings. The zero-order chi connectivity index (χ0) is 13.2. The highest BCUT2D eigenvalue weighted by Crippen LogP contribution is 2.21. The van der Waals surface area contributed by atoms with E-state index in [2.05, 4.69) is 60.6 Å². The molecule has 0 fully saturated rings. The van der Waals surface area contributed by atoms with Crippen LogP contribution in [0.5, 0.6) is 0 Å². The average molecular weight is 245 g/mol. The smallest absolute Gasteiger partial charge is 0.0470 e. The zero-order valence-electron chi connectivity index (χ0n) is 10.7. The fourth-order valence-electron chi connectivity index (χ4n) is 2.35. The quantitative estimate of drug-likeness (QED) is 0.713. The summed E-state index contributed by atoms with van der Waals surface area (Å²) in [6.45, 7) is 7.85. The van der Waals surface area contributed by atoms with Gasteiger partial charge < -0.3 is 4.98 Å². The van der Waals surface area contributed by atoms with Crippen molar-refractivity contribution >= 4 is 23.6 Å². The molecule has 0 bridgehead atoms. The number of hydrogen-bond donors (Lipinski definition) is 1. The molecule has 1 aromatic heterocycles. The van der Waals surface area contributed by atoms with Crippen LogP contribution in [0.2, 0.25) is 0 Å². The SMILES string of the molecule is C=C/C=c1/[nH]c2cc(-c3ccccc3)ccc2c1=C.